The number of hydrogen-bond acceptors (Lipinski definition) is 9. The van der Waals surface area contributed by atoms with Gasteiger partial charge in [0.1, 0.15) is 11.2 Å². The van der Waals surface area contributed by atoms with Gasteiger partial charge >= 0.3 is 0 Å². The average Bonchev–Trinajstić information content (AvgIpc) is 3.12. The van der Waals surface area contributed by atoms with Crippen molar-refractivity contribution in [3.63, 3.8) is 0 Å². The predicted octanol–water partition coefficient (Wildman–Crippen LogP) is 2.40. The minimum Gasteiger partial charge on any atom is -0.378 e. The molecule has 10 heteroatoms. The maximum Gasteiger partial charge on any atom is 0.228 e. The zero-order chi connectivity index (χ0) is 19.7. The Kier molecular flexibility index (Phi) is 5.31. The molecule has 3 aromatic heterocycles. The van der Waals surface area contributed by atoms with E-state index >= 15 is 0 Å². The third-order valence-corrected chi connectivity index (χ3v) is 5.60. The maximum absolute atomic E-state index is 5.67. The molecule has 0 aromatic carbocycles. The highest BCUT2D eigenvalue weighted by Gasteiger charge is 2.24. The Labute approximate surface area is 167 Å². The van der Waals surface area contributed by atoms with Crippen LogP contribution in [0.3, 0.4) is 0 Å². The molecule has 4 rings (SSSR count). The zero-order valence-electron chi connectivity index (χ0n) is 16.3. The highest BCUT2D eigenvalue weighted by Crippen LogP contribution is 2.33. The zero-order valence-corrected chi connectivity index (χ0v) is 17.1. The number of fused-ring (bicyclic) bond motifs is 1. The first-order valence-corrected chi connectivity index (χ1v) is 10.6. The SMILES string of the molecule is CCC(C)n1c(SC)nc2c(-c3cnc(N)nc3)nc(N3CCOCC3)nc21. The molecule has 1 atom stereocenters. The maximum atomic E-state index is 5.67. The number of hydrogen-bond donors (Lipinski definition) is 1. The molecule has 0 bridgehead atoms. The summed E-state index contributed by atoms with van der Waals surface area (Å²) in [7, 11) is 0. The Morgan fingerprint density at radius 3 is 2.54 bits per heavy atom. The van der Waals surface area contributed by atoms with Gasteiger partial charge in [0.15, 0.2) is 10.8 Å². The average molecular weight is 401 g/mol. The van der Waals surface area contributed by atoms with Crippen LogP contribution in [0.5, 0.6) is 0 Å². The standard InChI is InChI=1S/C18H24N8OS/c1-4-11(2)26-15-14(23-18(26)28-3)13(12-9-20-16(19)21-10-12)22-17(24-15)25-5-7-27-8-6-25/h9-11H,4-8H2,1-3H3,(H2,19,20,21). The highest BCUT2D eigenvalue weighted by atomic mass is 32.2. The van der Waals surface area contributed by atoms with E-state index in [1.807, 2.05) is 6.26 Å². The summed E-state index contributed by atoms with van der Waals surface area (Å²) in [5, 5.41) is 0.926. The number of thioether (sulfide) groups is 1. The van der Waals surface area contributed by atoms with E-state index in [-0.39, 0.29) is 12.0 Å². The van der Waals surface area contributed by atoms with Crippen molar-refractivity contribution in [3.05, 3.63) is 12.4 Å². The lowest BCUT2D eigenvalue weighted by atomic mass is 10.2. The van der Waals surface area contributed by atoms with Gasteiger partial charge in [0.05, 0.1) is 13.2 Å². The molecule has 1 aliphatic heterocycles. The Morgan fingerprint density at radius 1 is 1.18 bits per heavy atom. The molecule has 0 spiro atoms. The first kappa shape index (κ1) is 18.9. The van der Waals surface area contributed by atoms with E-state index in [0.29, 0.717) is 19.2 Å². The summed E-state index contributed by atoms with van der Waals surface area (Å²) in [6.07, 6.45) is 6.39. The smallest absolute Gasteiger partial charge is 0.228 e. The molecule has 9 nitrogen and oxygen atoms in total. The molecule has 4 heterocycles. The van der Waals surface area contributed by atoms with E-state index < -0.39 is 0 Å². The van der Waals surface area contributed by atoms with E-state index in [9.17, 15) is 0 Å². The summed E-state index contributed by atoms with van der Waals surface area (Å²) in [6, 6.07) is 0.274. The summed E-state index contributed by atoms with van der Waals surface area (Å²) in [5.41, 5.74) is 8.77. The first-order chi connectivity index (χ1) is 13.6. The number of imidazole rings is 1. The number of anilines is 2. The van der Waals surface area contributed by atoms with Crippen LogP contribution in [0, 0.1) is 0 Å². The quantitative estimate of drug-likeness (QED) is 0.646. The lowest BCUT2D eigenvalue weighted by molar-refractivity contribution is 0.122. The van der Waals surface area contributed by atoms with Gasteiger partial charge < -0.3 is 19.9 Å². The van der Waals surface area contributed by atoms with Crippen LogP contribution in [0.2, 0.25) is 0 Å². The van der Waals surface area contributed by atoms with E-state index in [4.69, 9.17) is 25.4 Å². The minimum atomic E-state index is 0.234. The lowest BCUT2D eigenvalue weighted by Gasteiger charge is -2.27. The molecule has 28 heavy (non-hydrogen) atoms. The van der Waals surface area contributed by atoms with Crippen LogP contribution in [-0.2, 0) is 4.74 Å². The third kappa shape index (κ3) is 3.37. The second-order valence-corrected chi connectivity index (χ2v) is 7.47. The Balaban J connectivity index is 1.97. The van der Waals surface area contributed by atoms with Gasteiger partial charge in [-0.25, -0.2) is 19.9 Å². The minimum absolute atomic E-state index is 0.234. The summed E-state index contributed by atoms with van der Waals surface area (Å²) in [4.78, 5) is 25.1. The number of aromatic nitrogens is 6. The summed E-state index contributed by atoms with van der Waals surface area (Å²) in [5.74, 6) is 0.914. The lowest BCUT2D eigenvalue weighted by Crippen LogP contribution is -2.37. The van der Waals surface area contributed by atoms with Crippen LogP contribution in [0.1, 0.15) is 26.3 Å². The Hall–Kier alpha value is -2.46. The number of rotatable bonds is 5. The molecule has 1 fully saturated rings. The van der Waals surface area contributed by atoms with Gasteiger partial charge in [-0.05, 0) is 19.6 Å². The third-order valence-electron chi connectivity index (χ3n) is 4.95. The summed E-state index contributed by atoms with van der Waals surface area (Å²) < 4.78 is 7.69. The molecular formula is C18H24N8OS. The van der Waals surface area contributed by atoms with E-state index in [1.165, 1.54) is 0 Å². The molecule has 1 unspecified atom stereocenters. The molecule has 0 aliphatic carbocycles. The van der Waals surface area contributed by atoms with Crippen molar-refractivity contribution in [2.45, 2.75) is 31.5 Å². The van der Waals surface area contributed by atoms with Gasteiger partial charge in [0.2, 0.25) is 11.9 Å². The molecule has 1 aliphatic rings. The van der Waals surface area contributed by atoms with Crippen LogP contribution in [0.15, 0.2) is 17.6 Å². The van der Waals surface area contributed by atoms with Gasteiger partial charge in [-0.15, -0.1) is 0 Å². The number of morpholine rings is 1. The van der Waals surface area contributed by atoms with Crippen LogP contribution >= 0.6 is 11.8 Å². The van der Waals surface area contributed by atoms with Gasteiger partial charge in [0, 0.05) is 37.1 Å². The Bertz CT molecular complexity index is 968. The van der Waals surface area contributed by atoms with Crippen molar-refractivity contribution in [2.24, 2.45) is 0 Å². The fourth-order valence-electron chi connectivity index (χ4n) is 3.23. The van der Waals surface area contributed by atoms with Gasteiger partial charge in [-0.1, -0.05) is 18.7 Å². The van der Waals surface area contributed by atoms with Crippen LogP contribution in [-0.4, -0.2) is 62.0 Å². The summed E-state index contributed by atoms with van der Waals surface area (Å²) >= 11 is 1.61. The molecule has 0 radical (unpaired) electrons. The topological polar surface area (TPSA) is 108 Å². The number of nitrogens with zero attached hydrogens (tertiary/aromatic N) is 7. The molecule has 3 aromatic rings. The van der Waals surface area contributed by atoms with Crippen molar-refractivity contribution in [1.82, 2.24) is 29.5 Å². The second kappa shape index (κ2) is 7.88. The molecular weight excluding hydrogens is 376 g/mol. The van der Waals surface area contributed by atoms with Crippen LogP contribution in [0.4, 0.5) is 11.9 Å². The van der Waals surface area contributed by atoms with Crippen molar-refractivity contribution < 1.29 is 4.74 Å². The second-order valence-electron chi connectivity index (χ2n) is 6.70. The number of ether oxygens (including phenoxy) is 1. The molecule has 0 saturated carbocycles. The van der Waals surface area contributed by atoms with Crippen molar-refractivity contribution in [3.8, 4) is 11.3 Å². The van der Waals surface area contributed by atoms with Crippen LogP contribution < -0.4 is 10.6 Å². The first-order valence-electron chi connectivity index (χ1n) is 9.37. The Morgan fingerprint density at radius 2 is 1.89 bits per heavy atom. The van der Waals surface area contributed by atoms with Crippen molar-refractivity contribution in [2.75, 3.05) is 43.2 Å². The van der Waals surface area contributed by atoms with E-state index in [0.717, 1.165) is 47.1 Å². The van der Waals surface area contributed by atoms with Gasteiger partial charge in [-0.3, -0.25) is 0 Å². The largest absolute Gasteiger partial charge is 0.378 e. The molecule has 1 saturated heterocycles. The fourth-order valence-corrected chi connectivity index (χ4v) is 3.88. The highest BCUT2D eigenvalue weighted by molar-refractivity contribution is 7.98. The van der Waals surface area contributed by atoms with E-state index in [1.54, 1.807) is 24.2 Å². The van der Waals surface area contributed by atoms with E-state index in [2.05, 4.69) is 33.3 Å². The van der Waals surface area contributed by atoms with Crippen LogP contribution in [0.25, 0.3) is 22.4 Å². The molecule has 2 N–H and O–H groups in total. The fraction of sp³-hybridized carbons (Fsp3) is 0.500. The van der Waals surface area contributed by atoms with Crippen molar-refractivity contribution in [1.29, 1.82) is 0 Å². The van der Waals surface area contributed by atoms with Gasteiger partial charge in [-0.2, -0.15) is 4.98 Å². The molecule has 148 valence electrons. The number of nitrogens with two attached hydrogens (primary N) is 1. The number of nitrogen functional groups attached to an aromatic ring is 1. The molecule has 0 amide bonds. The monoisotopic (exact) mass is 400 g/mol. The summed E-state index contributed by atoms with van der Waals surface area (Å²) in [6.45, 7) is 7.21. The predicted molar refractivity (Wildman–Crippen MR) is 111 cm³/mol. The van der Waals surface area contributed by atoms with Gasteiger partial charge in [0.25, 0.3) is 0 Å². The van der Waals surface area contributed by atoms with Crippen molar-refractivity contribution >= 4 is 34.8 Å². The normalized spacial score (nSPS) is 15.9.